The normalized spacial score (nSPS) is 12.0. The maximum absolute atomic E-state index is 13.1. The number of ether oxygens (including phenoxy) is 1. The Morgan fingerprint density at radius 1 is 1.06 bits per heavy atom. The summed E-state index contributed by atoms with van der Waals surface area (Å²) in [5, 5.41) is 2.59. The van der Waals surface area contributed by atoms with Gasteiger partial charge in [-0.05, 0) is 38.0 Å². The summed E-state index contributed by atoms with van der Waals surface area (Å²) in [5.41, 5.74) is 1.35. The van der Waals surface area contributed by atoms with Gasteiger partial charge in [-0.3, -0.25) is 13.9 Å². The smallest absolute Gasteiger partial charge is 0.242 e. The third kappa shape index (κ3) is 7.49. The lowest BCUT2D eigenvalue weighted by Crippen LogP contribution is -2.46. The van der Waals surface area contributed by atoms with Crippen LogP contribution < -0.4 is 14.4 Å². The highest BCUT2D eigenvalue weighted by Gasteiger charge is 2.26. The first-order chi connectivity index (χ1) is 15.7. The summed E-state index contributed by atoms with van der Waals surface area (Å²) in [6.45, 7) is 4.31. The predicted octanol–water partition coefficient (Wildman–Crippen LogP) is 2.79. The summed E-state index contributed by atoms with van der Waals surface area (Å²) in [5.74, 6) is -0.0140. The molecule has 180 valence electrons. The van der Waals surface area contributed by atoms with Crippen molar-refractivity contribution < 1.29 is 22.7 Å². The fraction of sp³-hybridized carbons (Fsp3) is 0.417. The second-order valence-electron chi connectivity index (χ2n) is 7.64. The number of nitrogens with one attached hydrogen (secondary N) is 1. The quantitative estimate of drug-likeness (QED) is 0.509. The van der Waals surface area contributed by atoms with Gasteiger partial charge in [0.05, 0.1) is 18.6 Å². The fourth-order valence-corrected chi connectivity index (χ4v) is 4.46. The number of anilines is 1. The lowest BCUT2D eigenvalue weighted by Gasteiger charge is -2.29. The first-order valence-corrected chi connectivity index (χ1v) is 12.8. The number of amides is 2. The molecular formula is C24H33N3O5S. The molecule has 0 heterocycles. The number of para-hydroxylation sites is 2. The number of rotatable bonds is 12. The van der Waals surface area contributed by atoms with Gasteiger partial charge in [0.15, 0.2) is 0 Å². The molecule has 2 amide bonds. The first-order valence-electron chi connectivity index (χ1n) is 10.9. The van der Waals surface area contributed by atoms with Crippen molar-refractivity contribution in [3.8, 4) is 5.75 Å². The van der Waals surface area contributed by atoms with Gasteiger partial charge in [-0.1, -0.05) is 42.5 Å². The van der Waals surface area contributed by atoms with E-state index in [2.05, 4.69) is 5.32 Å². The van der Waals surface area contributed by atoms with Gasteiger partial charge in [0.25, 0.3) is 0 Å². The van der Waals surface area contributed by atoms with Crippen molar-refractivity contribution in [2.24, 2.45) is 0 Å². The number of carbonyl (C=O) groups excluding carboxylic acids is 2. The van der Waals surface area contributed by atoms with E-state index in [-0.39, 0.29) is 37.7 Å². The van der Waals surface area contributed by atoms with Crippen LogP contribution >= 0.6 is 0 Å². The molecule has 8 nitrogen and oxygen atoms in total. The van der Waals surface area contributed by atoms with Crippen molar-refractivity contribution in [2.45, 2.75) is 39.3 Å². The van der Waals surface area contributed by atoms with E-state index in [0.717, 1.165) is 11.8 Å². The van der Waals surface area contributed by atoms with Crippen LogP contribution in [0.1, 0.15) is 32.3 Å². The molecule has 0 aliphatic heterocycles. The highest BCUT2D eigenvalue weighted by molar-refractivity contribution is 7.92. The summed E-state index contributed by atoms with van der Waals surface area (Å²) < 4.78 is 31.8. The van der Waals surface area contributed by atoms with E-state index in [1.807, 2.05) is 37.3 Å². The lowest BCUT2D eigenvalue weighted by atomic mass is 10.1. The van der Waals surface area contributed by atoms with Crippen molar-refractivity contribution in [3.05, 3.63) is 60.2 Å². The van der Waals surface area contributed by atoms with Gasteiger partial charge in [-0.25, -0.2) is 8.42 Å². The van der Waals surface area contributed by atoms with Gasteiger partial charge in [0.1, 0.15) is 11.8 Å². The zero-order chi connectivity index (χ0) is 24.4. The van der Waals surface area contributed by atoms with Crippen molar-refractivity contribution in [1.82, 2.24) is 10.2 Å². The Morgan fingerprint density at radius 2 is 1.70 bits per heavy atom. The number of sulfonamides is 1. The number of carbonyl (C=O) groups is 2. The van der Waals surface area contributed by atoms with Gasteiger partial charge in [0.2, 0.25) is 21.8 Å². The van der Waals surface area contributed by atoms with Gasteiger partial charge >= 0.3 is 0 Å². The second kappa shape index (κ2) is 12.2. The minimum Gasteiger partial charge on any atom is -0.492 e. The highest BCUT2D eigenvalue weighted by Crippen LogP contribution is 2.30. The van der Waals surface area contributed by atoms with Crippen LogP contribution in [0.15, 0.2) is 54.6 Å². The van der Waals surface area contributed by atoms with Crippen molar-refractivity contribution in [1.29, 1.82) is 0 Å². The number of likely N-dealkylation sites (N-methyl/N-ethyl adjacent to an activating group) is 1. The monoisotopic (exact) mass is 475 g/mol. The highest BCUT2D eigenvalue weighted by atomic mass is 32.2. The Kier molecular flexibility index (Phi) is 9.72. The van der Waals surface area contributed by atoms with Gasteiger partial charge in [-0.2, -0.15) is 0 Å². The summed E-state index contributed by atoms with van der Waals surface area (Å²) in [6.07, 6.45) is 1.52. The molecule has 0 aliphatic rings. The Balaban J connectivity index is 2.16. The summed E-state index contributed by atoms with van der Waals surface area (Å²) in [6, 6.07) is 15.7. The largest absolute Gasteiger partial charge is 0.492 e. The number of hydrogen-bond donors (Lipinski definition) is 1. The van der Waals surface area contributed by atoms with Crippen LogP contribution in [-0.2, 0) is 26.2 Å². The third-order valence-corrected chi connectivity index (χ3v) is 6.38. The lowest BCUT2D eigenvalue weighted by molar-refractivity contribution is -0.140. The minimum absolute atomic E-state index is 0.0942. The van der Waals surface area contributed by atoms with E-state index >= 15 is 0 Å². The third-order valence-electron chi connectivity index (χ3n) is 5.20. The Bertz CT molecular complexity index is 1030. The van der Waals surface area contributed by atoms with E-state index < -0.39 is 16.1 Å². The van der Waals surface area contributed by atoms with Crippen LogP contribution in [0.25, 0.3) is 0 Å². The van der Waals surface area contributed by atoms with Crippen LogP contribution in [-0.4, -0.2) is 57.6 Å². The molecule has 2 rings (SSSR count). The van der Waals surface area contributed by atoms with Crippen molar-refractivity contribution >= 4 is 27.5 Å². The number of nitrogens with zero attached hydrogens (tertiary/aromatic N) is 2. The summed E-state index contributed by atoms with van der Waals surface area (Å²) >= 11 is 0. The Morgan fingerprint density at radius 3 is 2.30 bits per heavy atom. The molecular weight excluding hydrogens is 442 g/mol. The van der Waals surface area contributed by atoms with Gasteiger partial charge in [0, 0.05) is 26.6 Å². The minimum atomic E-state index is -3.59. The molecule has 2 aromatic rings. The zero-order valence-corrected chi connectivity index (χ0v) is 20.5. The molecule has 0 fully saturated rings. The van der Waals surface area contributed by atoms with Crippen LogP contribution in [0.3, 0.4) is 0 Å². The number of benzene rings is 2. The Hall–Kier alpha value is -3.07. The molecule has 0 bridgehead atoms. The van der Waals surface area contributed by atoms with Crippen LogP contribution in [0.5, 0.6) is 5.75 Å². The molecule has 0 aromatic heterocycles. The van der Waals surface area contributed by atoms with E-state index in [0.29, 0.717) is 18.0 Å². The predicted molar refractivity (Wildman–Crippen MR) is 130 cm³/mol. The van der Waals surface area contributed by atoms with E-state index in [4.69, 9.17) is 4.74 Å². The molecule has 0 saturated heterocycles. The van der Waals surface area contributed by atoms with E-state index in [1.54, 1.807) is 31.2 Å². The zero-order valence-electron chi connectivity index (χ0n) is 19.7. The molecule has 2 aromatic carbocycles. The molecule has 0 radical (unpaired) electrons. The SMILES string of the molecule is CCOc1ccccc1N(CCCC(=O)N(Cc1ccccc1)[C@@H](C)C(=O)NC)S(C)(=O)=O. The molecule has 0 unspecified atom stereocenters. The standard InChI is InChI=1S/C24H33N3O5S/c1-5-32-22-15-10-9-14-21(22)27(33(4,30)31)17-11-16-23(28)26(19(2)24(29)25-3)18-20-12-7-6-8-13-20/h6-10,12-15,19H,5,11,16-18H2,1-4H3,(H,25,29)/t19-/m0/s1. The topological polar surface area (TPSA) is 96.0 Å². The van der Waals surface area contributed by atoms with E-state index in [9.17, 15) is 18.0 Å². The summed E-state index contributed by atoms with van der Waals surface area (Å²) in [7, 11) is -2.06. The Labute approximate surface area is 196 Å². The van der Waals surface area contributed by atoms with Crippen LogP contribution in [0.2, 0.25) is 0 Å². The van der Waals surface area contributed by atoms with E-state index in [1.165, 1.54) is 16.3 Å². The molecule has 0 saturated carbocycles. The molecule has 0 aliphatic carbocycles. The molecule has 1 N–H and O–H groups in total. The maximum atomic E-state index is 13.1. The molecule has 33 heavy (non-hydrogen) atoms. The van der Waals surface area contributed by atoms with Crippen molar-refractivity contribution in [2.75, 3.05) is 30.8 Å². The maximum Gasteiger partial charge on any atom is 0.242 e. The summed E-state index contributed by atoms with van der Waals surface area (Å²) in [4.78, 5) is 26.9. The second-order valence-corrected chi connectivity index (χ2v) is 9.54. The molecule has 0 spiro atoms. The number of hydrogen-bond acceptors (Lipinski definition) is 5. The first kappa shape index (κ1) is 26.2. The molecule has 9 heteroatoms. The van der Waals surface area contributed by atoms with Gasteiger partial charge in [-0.15, -0.1) is 0 Å². The van der Waals surface area contributed by atoms with Crippen LogP contribution in [0, 0.1) is 0 Å². The van der Waals surface area contributed by atoms with Gasteiger partial charge < -0.3 is 15.0 Å². The average Bonchev–Trinajstić information content (AvgIpc) is 2.80. The molecule has 1 atom stereocenters. The van der Waals surface area contributed by atoms with Crippen molar-refractivity contribution in [3.63, 3.8) is 0 Å². The van der Waals surface area contributed by atoms with Crippen LogP contribution in [0.4, 0.5) is 5.69 Å². The average molecular weight is 476 g/mol. The fourth-order valence-electron chi connectivity index (χ4n) is 3.49.